The molecule has 2 heterocycles. The molecular weight excluding hydrogens is 378 g/mol. The van der Waals surface area contributed by atoms with E-state index in [-0.39, 0.29) is 12.5 Å². The summed E-state index contributed by atoms with van der Waals surface area (Å²) in [5.74, 6) is -2.34. The van der Waals surface area contributed by atoms with Crippen molar-refractivity contribution in [2.45, 2.75) is 19.9 Å². The summed E-state index contributed by atoms with van der Waals surface area (Å²) in [4.78, 5) is 51.8. The second-order valence-corrected chi connectivity index (χ2v) is 7.89. The summed E-state index contributed by atoms with van der Waals surface area (Å²) in [7, 11) is 0. The maximum absolute atomic E-state index is 12.6. The van der Waals surface area contributed by atoms with Gasteiger partial charge in [0.1, 0.15) is 6.54 Å². The van der Waals surface area contributed by atoms with Gasteiger partial charge in [-0.15, -0.1) is 11.3 Å². The van der Waals surface area contributed by atoms with Crippen LogP contribution in [0.3, 0.4) is 0 Å². The molecule has 1 aliphatic rings. The topological polar surface area (TPSA) is 86.8 Å². The number of nitrogens with one attached hydrogen (secondary N) is 1. The molecule has 28 heavy (non-hydrogen) atoms. The number of benzene rings is 1. The van der Waals surface area contributed by atoms with Gasteiger partial charge in [0.15, 0.2) is 0 Å². The van der Waals surface area contributed by atoms with Gasteiger partial charge in [-0.3, -0.25) is 19.3 Å². The third-order valence-corrected chi connectivity index (χ3v) is 5.19. The molecule has 1 aliphatic heterocycles. The molecule has 0 bridgehead atoms. The summed E-state index contributed by atoms with van der Waals surface area (Å²) in [5, 5.41) is 4.78. The first-order valence-electron chi connectivity index (χ1n) is 8.93. The van der Waals surface area contributed by atoms with Crippen molar-refractivity contribution in [2.75, 3.05) is 13.1 Å². The van der Waals surface area contributed by atoms with E-state index >= 15 is 0 Å². The lowest BCUT2D eigenvalue weighted by atomic mass is 10.1. The van der Waals surface area contributed by atoms with Crippen LogP contribution in [-0.2, 0) is 14.4 Å². The molecule has 3 rings (SSSR count). The van der Waals surface area contributed by atoms with Crippen molar-refractivity contribution < 1.29 is 19.2 Å². The van der Waals surface area contributed by atoms with Gasteiger partial charge in [-0.2, -0.15) is 0 Å². The van der Waals surface area contributed by atoms with Gasteiger partial charge < -0.3 is 5.32 Å². The van der Waals surface area contributed by atoms with Crippen molar-refractivity contribution >= 4 is 35.1 Å². The fourth-order valence-electron chi connectivity index (χ4n) is 2.99. The average Bonchev–Trinajstić information content (AvgIpc) is 3.27. The summed E-state index contributed by atoms with van der Waals surface area (Å²) < 4.78 is 0. The van der Waals surface area contributed by atoms with E-state index in [9.17, 15) is 19.2 Å². The molecule has 2 aromatic rings. The average molecular weight is 399 g/mol. The Morgan fingerprint density at radius 1 is 1.00 bits per heavy atom. The molecule has 7 nitrogen and oxygen atoms in total. The van der Waals surface area contributed by atoms with E-state index in [1.807, 2.05) is 61.7 Å². The van der Waals surface area contributed by atoms with Gasteiger partial charge in [0.05, 0.1) is 6.04 Å². The number of imide groups is 2. The Morgan fingerprint density at radius 2 is 1.68 bits per heavy atom. The molecule has 0 radical (unpaired) electrons. The molecule has 8 heteroatoms. The van der Waals surface area contributed by atoms with Crippen LogP contribution in [0.4, 0.5) is 4.79 Å². The first-order chi connectivity index (χ1) is 13.4. The van der Waals surface area contributed by atoms with E-state index in [2.05, 4.69) is 5.32 Å². The number of hydrogen-bond acceptors (Lipinski definition) is 5. The van der Waals surface area contributed by atoms with Crippen molar-refractivity contribution in [3.05, 3.63) is 58.3 Å². The minimum Gasteiger partial charge on any atom is -0.343 e. The fraction of sp³-hybridized carbons (Fsp3) is 0.300. The monoisotopic (exact) mass is 399 g/mol. The van der Waals surface area contributed by atoms with Crippen LogP contribution < -0.4 is 5.32 Å². The molecular formula is C20H21N3O4S. The highest BCUT2D eigenvalue weighted by molar-refractivity contribution is 7.10. The SMILES string of the molecule is CC(C)CN1C(=O)C(=O)N(CC(=O)N[C@@H](c2ccccc2)c2cccs2)C1=O. The summed E-state index contributed by atoms with van der Waals surface area (Å²) in [6.07, 6.45) is 0. The third-order valence-electron chi connectivity index (χ3n) is 4.25. The minimum absolute atomic E-state index is 0.0239. The quantitative estimate of drug-likeness (QED) is 0.572. The predicted octanol–water partition coefficient (Wildman–Crippen LogP) is 2.40. The van der Waals surface area contributed by atoms with Crippen LogP contribution in [-0.4, -0.2) is 46.6 Å². The Labute approximate surface area is 166 Å². The minimum atomic E-state index is -0.965. The number of amides is 5. The first-order valence-corrected chi connectivity index (χ1v) is 9.81. The smallest absolute Gasteiger partial charge is 0.334 e. The number of hydrogen-bond donors (Lipinski definition) is 1. The Balaban J connectivity index is 1.74. The van der Waals surface area contributed by atoms with E-state index in [0.29, 0.717) is 4.90 Å². The van der Waals surface area contributed by atoms with Crippen molar-refractivity contribution in [3.8, 4) is 0 Å². The van der Waals surface area contributed by atoms with Gasteiger partial charge in [0.25, 0.3) is 0 Å². The second-order valence-electron chi connectivity index (χ2n) is 6.91. The highest BCUT2D eigenvalue weighted by atomic mass is 32.1. The van der Waals surface area contributed by atoms with E-state index < -0.39 is 36.3 Å². The maximum Gasteiger partial charge on any atom is 0.334 e. The van der Waals surface area contributed by atoms with Gasteiger partial charge in [0.2, 0.25) is 5.91 Å². The zero-order valence-corrected chi connectivity index (χ0v) is 16.4. The fourth-order valence-corrected chi connectivity index (χ4v) is 3.79. The standard InChI is InChI=1S/C20H21N3O4S/c1-13(2)11-22-18(25)19(26)23(20(22)27)12-16(24)21-17(15-9-6-10-28-15)14-7-4-3-5-8-14/h3-10,13,17H,11-12H2,1-2H3,(H,21,24)/t17-/m0/s1. The highest BCUT2D eigenvalue weighted by Crippen LogP contribution is 2.26. The Bertz CT molecular complexity index is 880. The van der Waals surface area contributed by atoms with Crippen molar-refractivity contribution in [1.29, 1.82) is 0 Å². The molecule has 0 saturated carbocycles. The van der Waals surface area contributed by atoms with Crippen LogP contribution in [0.5, 0.6) is 0 Å². The normalized spacial score (nSPS) is 15.5. The third kappa shape index (κ3) is 4.12. The van der Waals surface area contributed by atoms with Crippen LogP contribution in [0.1, 0.15) is 30.3 Å². The van der Waals surface area contributed by atoms with Crippen molar-refractivity contribution in [1.82, 2.24) is 15.1 Å². The van der Waals surface area contributed by atoms with Crippen LogP contribution in [0, 0.1) is 5.92 Å². The molecule has 0 aliphatic carbocycles. The molecule has 146 valence electrons. The molecule has 1 fully saturated rings. The molecule has 1 aromatic heterocycles. The van der Waals surface area contributed by atoms with Crippen LogP contribution in [0.25, 0.3) is 0 Å². The van der Waals surface area contributed by atoms with Gasteiger partial charge in [-0.25, -0.2) is 9.69 Å². The van der Waals surface area contributed by atoms with E-state index in [4.69, 9.17) is 0 Å². The second kappa shape index (κ2) is 8.35. The predicted molar refractivity (Wildman–Crippen MR) is 104 cm³/mol. The van der Waals surface area contributed by atoms with Crippen LogP contribution in [0.15, 0.2) is 47.8 Å². The maximum atomic E-state index is 12.6. The molecule has 0 spiro atoms. The number of rotatable bonds is 7. The largest absolute Gasteiger partial charge is 0.343 e. The Morgan fingerprint density at radius 3 is 2.29 bits per heavy atom. The van der Waals surface area contributed by atoms with Gasteiger partial charge >= 0.3 is 17.8 Å². The number of nitrogens with zero attached hydrogens (tertiary/aromatic N) is 2. The molecule has 1 saturated heterocycles. The van der Waals surface area contributed by atoms with E-state index in [1.54, 1.807) is 0 Å². The molecule has 5 amide bonds. The number of carbonyl (C=O) groups excluding carboxylic acids is 4. The first kappa shape index (κ1) is 19.8. The van der Waals surface area contributed by atoms with Crippen molar-refractivity contribution in [2.24, 2.45) is 5.92 Å². The summed E-state index contributed by atoms with van der Waals surface area (Å²) in [5.41, 5.74) is 0.884. The molecule has 1 N–H and O–H groups in total. The summed E-state index contributed by atoms with van der Waals surface area (Å²) in [6, 6.07) is 12.1. The van der Waals surface area contributed by atoms with Crippen LogP contribution in [0.2, 0.25) is 0 Å². The van der Waals surface area contributed by atoms with Crippen molar-refractivity contribution in [3.63, 3.8) is 0 Å². The highest BCUT2D eigenvalue weighted by Gasteiger charge is 2.45. The lowest BCUT2D eigenvalue weighted by Gasteiger charge is -2.20. The molecule has 1 aromatic carbocycles. The van der Waals surface area contributed by atoms with Gasteiger partial charge in [-0.05, 0) is 22.9 Å². The summed E-state index contributed by atoms with van der Waals surface area (Å²) in [6.45, 7) is 3.33. The van der Waals surface area contributed by atoms with Gasteiger partial charge in [-0.1, -0.05) is 50.2 Å². The molecule has 1 atom stereocenters. The van der Waals surface area contributed by atoms with Crippen LogP contribution >= 0.6 is 11.3 Å². The molecule has 0 unspecified atom stereocenters. The van der Waals surface area contributed by atoms with E-state index in [1.165, 1.54) is 11.3 Å². The lowest BCUT2D eigenvalue weighted by molar-refractivity contribution is -0.144. The van der Waals surface area contributed by atoms with E-state index in [0.717, 1.165) is 15.3 Å². The summed E-state index contributed by atoms with van der Waals surface area (Å²) >= 11 is 1.49. The lowest BCUT2D eigenvalue weighted by Crippen LogP contribution is -2.42. The van der Waals surface area contributed by atoms with Gasteiger partial charge in [0, 0.05) is 11.4 Å². The number of thiophene rings is 1. The Kier molecular flexibility index (Phi) is 5.89. The number of carbonyl (C=O) groups is 4. The number of urea groups is 1. The Hall–Kier alpha value is -3.00. The zero-order chi connectivity index (χ0) is 20.3. The zero-order valence-electron chi connectivity index (χ0n) is 15.6.